The van der Waals surface area contributed by atoms with Crippen LogP contribution >= 0.6 is 0 Å². The number of nitrogens with one attached hydrogen (secondary N) is 1. The number of hydrogen-bond donors (Lipinski definition) is 1. The number of ether oxygens (including phenoxy) is 1. The Balaban J connectivity index is 1.78. The van der Waals surface area contributed by atoms with Crippen LogP contribution in [0.2, 0.25) is 0 Å². The first-order valence-electron chi connectivity index (χ1n) is 6.70. The van der Waals surface area contributed by atoms with E-state index in [1.54, 1.807) is 0 Å². The molecule has 2 rings (SSSR count). The molecule has 1 N–H and O–H groups in total. The highest BCUT2D eigenvalue weighted by atomic mass is 19.3. The highest BCUT2D eigenvalue weighted by molar-refractivity contribution is 6.01. The summed E-state index contributed by atoms with van der Waals surface area (Å²) in [6.07, 6.45) is 0.366. The van der Waals surface area contributed by atoms with Gasteiger partial charge in [-0.1, -0.05) is 0 Å². The Morgan fingerprint density at radius 2 is 1.95 bits per heavy atom. The second-order valence-corrected chi connectivity index (χ2v) is 5.00. The van der Waals surface area contributed by atoms with Gasteiger partial charge in [-0.15, -0.1) is 0 Å². The molecule has 4 amide bonds. The lowest BCUT2D eigenvalue weighted by Gasteiger charge is -2.24. The van der Waals surface area contributed by atoms with Gasteiger partial charge < -0.3 is 15.0 Å². The topological polar surface area (TPSA) is 79.0 Å². The molecule has 9 heteroatoms. The first-order valence-corrected chi connectivity index (χ1v) is 6.70. The van der Waals surface area contributed by atoms with Gasteiger partial charge in [-0.3, -0.25) is 14.5 Å². The molecule has 2 heterocycles. The minimum absolute atomic E-state index is 0.0409. The number of nitrogens with zero attached hydrogens (tertiary/aromatic N) is 2. The molecule has 0 aromatic rings. The van der Waals surface area contributed by atoms with E-state index in [9.17, 15) is 23.2 Å². The highest BCUT2D eigenvalue weighted by Crippen LogP contribution is 2.18. The summed E-state index contributed by atoms with van der Waals surface area (Å²) in [6, 6.07) is -0.653. The van der Waals surface area contributed by atoms with Crippen molar-refractivity contribution < 1.29 is 27.9 Å². The van der Waals surface area contributed by atoms with Crippen LogP contribution in [0.1, 0.15) is 12.8 Å². The maximum Gasteiger partial charge on any atom is 0.317 e. The average Bonchev–Trinajstić information content (AvgIpc) is 2.62. The van der Waals surface area contributed by atoms with E-state index in [-0.39, 0.29) is 50.9 Å². The summed E-state index contributed by atoms with van der Waals surface area (Å²) < 4.78 is 31.3. The third-order valence-corrected chi connectivity index (χ3v) is 3.29. The predicted molar refractivity (Wildman–Crippen MR) is 66.7 cm³/mol. The highest BCUT2D eigenvalue weighted by Gasteiger charge is 2.36. The van der Waals surface area contributed by atoms with Crippen molar-refractivity contribution in [2.24, 2.45) is 0 Å². The minimum Gasteiger partial charge on any atom is -0.373 e. The van der Waals surface area contributed by atoms with E-state index in [2.05, 4.69) is 5.32 Å². The van der Waals surface area contributed by atoms with E-state index in [1.165, 1.54) is 0 Å². The average molecular weight is 305 g/mol. The van der Waals surface area contributed by atoms with Crippen LogP contribution in [0.5, 0.6) is 0 Å². The van der Waals surface area contributed by atoms with Crippen molar-refractivity contribution in [2.45, 2.75) is 18.8 Å². The molecule has 0 atom stereocenters. The Labute approximate surface area is 120 Å². The third-order valence-electron chi connectivity index (χ3n) is 3.29. The predicted octanol–water partition coefficient (Wildman–Crippen LogP) is -0.188. The monoisotopic (exact) mass is 305 g/mol. The molecule has 2 saturated heterocycles. The number of rotatable bonds is 3. The summed E-state index contributed by atoms with van der Waals surface area (Å²) in [7, 11) is 0. The number of carbonyl (C=O) groups excluding carboxylic acids is 3. The zero-order chi connectivity index (χ0) is 15.5. The number of alkyl halides is 2. The number of hydrogen-bond acceptors (Lipinski definition) is 4. The standard InChI is InChI=1S/C12H17F2N3O4/c13-12(14)7-16(5-6-21-8-12)11(20)15-3-4-17-9(18)1-2-10(17)19/h1-8H2,(H,15,20). The normalized spacial score (nSPS) is 22.4. The maximum absolute atomic E-state index is 13.3. The van der Waals surface area contributed by atoms with Gasteiger partial charge >= 0.3 is 6.03 Å². The Kier molecular flexibility index (Phi) is 4.71. The lowest BCUT2D eigenvalue weighted by Crippen LogP contribution is -2.48. The number of likely N-dealkylation sites (tertiary alicyclic amines) is 1. The third kappa shape index (κ3) is 4.10. The number of urea groups is 1. The number of carbonyl (C=O) groups is 3. The molecule has 0 radical (unpaired) electrons. The fourth-order valence-corrected chi connectivity index (χ4v) is 2.23. The zero-order valence-corrected chi connectivity index (χ0v) is 11.4. The molecule has 0 aliphatic carbocycles. The van der Waals surface area contributed by atoms with Crippen molar-refractivity contribution in [3.8, 4) is 0 Å². The van der Waals surface area contributed by atoms with Crippen molar-refractivity contribution in [1.82, 2.24) is 15.1 Å². The van der Waals surface area contributed by atoms with Crippen molar-refractivity contribution in [3.05, 3.63) is 0 Å². The molecule has 0 saturated carbocycles. The Morgan fingerprint density at radius 3 is 2.62 bits per heavy atom. The van der Waals surface area contributed by atoms with Crippen LogP contribution in [0.4, 0.5) is 13.6 Å². The van der Waals surface area contributed by atoms with Gasteiger partial charge in [0.05, 0.1) is 13.2 Å². The van der Waals surface area contributed by atoms with Gasteiger partial charge in [-0.05, 0) is 0 Å². The minimum atomic E-state index is -3.07. The molecule has 0 unspecified atom stereocenters. The summed E-state index contributed by atoms with van der Waals surface area (Å²) in [5, 5.41) is 2.44. The number of imide groups is 1. The molecule has 2 aliphatic rings. The van der Waals surface area contributed by atoms with E-state index >= 15 is 0 Å². The second-order valence-electron chi connectivity index (χ2n) is 5.00. The fraction of sp³-hybridized carbons (Fsp3) is 0.750. The fourth-order valence-electron chi connectivity index (χ4n) is 2.23. The van der Waals surface area contributed by atoms with Gasteiger partial charge in [0.2, 0.25) is 11.8 Å². The Hall–Kier alpha value is -1.77. The Bertz CT molecular complexity index is 428. The van der Waals surface area contributed by atoms with E-state index < -0.39 is 25.1 Å². The first kappa shape index (κ1) is 15.6. The van der Waals surface area contributed by atoms with Crippen molar-refractivity contribution in [1.29, 1.82) is 0 Å². The molecular formula is C12H17F2N3O4. The molecule has 2 aliphatic heterocycles. The molecule has 21 heavy (non-hydrogen) atoms. The van der Waals surface area contributed by atoms with Crippen LogP contribution < -0.4 is 5.32 Å². The van der Waals surface area contributed by atoms with Gasteiger partial charge in [0, 0.05) is 32.5 Å². The molecule has 7 nitrogen and oxygen atoms in total. The Morgan fingerprint density at radius 1 is 1.29 bits per heavy atom. The van der Waals surface area contributed by atoms with Crippen molar-refractivity contribution >= 4 is 17.8 Å². The molecule has 2 fully saturated rings. The summed E-state index contributed by atoms with van der Waals surface area (Å²) >= 11 is 0. The summed E-state index contributed by atoms with van der Waals surface area (Å²) in [4.78, 5) is 36.6. The molecular weight excluding hydrogens is 288 g/mol. The lowest BCUT2D eigenvalue weighted by atomic mass is 10.3. The molecule has 0 spiro atoms. The van der Waals surface area contributed by atoms with Crippen molar-refractivity contribution in [3.63, 3.8) is 0 Å². The van der Waals surface area contributed by atoms with Crippen LogP contribution in [-0.4, -0.2) is 73.0 Å². The summed E-state index contributed by atoms with van der Waals surface area (Å²) in [5.41, 5.74) is 0. The van der Waals surface area contributed by atoms with Crippen LogP contribution in [0.25, 0.3) is 0 Å². The maximum atomic E-state index is 13.3. The summed E-state index contributed by atoms with van der Waals surface area (Å²) in [6.45, 7) is -1.19. The number of halogens is 2. The first-order chi connectivity index (χ1) is 9.89. The van der Waals surface area contributed by atoms with Crippen molar-refractivity contribution in [2.75, 3.05) is 39.4 Å². The van der Waals surface area contributed by atoms with E-state index in [0.717, 1.165) is 9.80 Å². The quantitative estimate of drug-likeness (QED) is 0.733. The SMILES string of the molecule is O=C(NCCN1C(=O)CCC1=O)N1CCOCC(F)(F)C1. The summed E-state index contributed by atoms with van der Waals surface area (Å²) in [5.74, 6) is -3.62. The van der Waals surface area contributed by atoms with Crippen LogP contribution in [0.3, 0.4) is 0 Å². The second kappa shape index (κ2) is 6.33. The number of amides is 4. The molecule has 0 aromatic carbocycles. The van der Waals surface area contributed by atoms with E-state index in [1.807, 2.05) is 0 Å². The largest absolute Gasteiger partial charge is 0.373 e. The van der Waals surface area contributed by atoms with E-state index in [4.69, 9.17) is 4.74 Å². The lowest BCUT2D eigenvalue weighted by molar-refractivity contribution is -0.138. The van der Waals surface area contributed by atoms with Crippen LogP contribution in [-0.2, 0) is 14.3 Å². The smallest absolute Gasteiger partial charge is 0.317 e. The molecule has 0 bridgehead atoms. The van der Waals surface area contributed by atoms with Gasteiger partial charge in [-0.2, -0.15) is 0 Å². The van der Waals surface area contributed by atoms with E-state index in [0.29, 0.717) is 0 Å². The zero-order valence-electron chi connectivity index (χ0n) is 11.4. The van der Waals surface area contributed by atoms with Gasteiger partial charge in [0.1, 0.15) is 6.61 Å². The van der Waals surface area contributed by atoms with Crippen LogP contribution in [0, 0.1) is 0 Å². The molecule has 118 valence electrons. The van der Waals surface area contributed by atoms with Gasteiger partial charge in [-0.25, -0.2) is 13.6 Å². The molecule has 0 aromatic heterocycles. The van der Waals surface area contributed by atoms with Gasteiger partial charge in [0.15, 0.2) is 0 Å². The van der Waals surface area contributed by atoms with Gasteiger partial charge in [0.25, 0.3) is 5.92 Å². The van der Waals surface area contributed by atoms with Crippen LogP contribution in [0.15, 0.2) is 0 Å².